The molecule has 0 saturated heterocycles. The number of aryl methyl sites for hydroxylation is 2. The van der Waals surface area contributed by atoms with Crippen LogP contribution in [0.25, 0.3) is 0 Å². The van der Waals surface area contributed by atoms with Crippen LogP contribution in [0.2, 0.25) is 0 Å². The van der Waals surface area contributed by atoms with E-state index >= 15 is 0 Å². The van der Waals surface area contributed by atoms with E-state index in [0.29, 0.717) is 22.7 Å². The number of nitrogen functional groups attached to an aromatic ring is 1. The highest BCUT2D eigenvalue weighted by molar-refractivity contribution is 7.14. The fraction of sp³-hybridized carbons (Fsp3) is 0.429. The Balaban J connectivity index is 1.60. The fourth-order valence-corrected chi connectivity index (χ4v) is 4.85. The summed E-state index contributed by atoms with van der Waals surface area (Å²) >= 11 is 1.30. The van der Waals surface area contributed by atoms with Crippen molar-refractivity contribution >= 4 is 40.7 Å². The number of hydrogen-bond acceptors (Lipinski definition) is 7. The molecule has 0 saturated carbocycles. The van der Waals surface area contributed by atoms with E-state index in [9.17, 15) is 24.3 Å². The summed E-state index contributed by atoms with van der Waals surface area (Å²) in [6, 6.07) is 2.18. The lowest BCUT2D eigenvalue weighted by molar-refractivity contribution is -0.140. The lowest BCUT2D eigenvalue weighted by atomic mass is 9.90. The number of amides is 1. The number of carbonyl (C=O) groups is 3. The zero-order valence-corrected chi connectivity index (χ0v) is 18.4. The minimum absolute atomic E-state index is 0.181. The summed E-state index contributed by atoms with van der Waals surface area (Å²) < 4.78 is 0. The Bertz CT molecular complexity index is 1090. The molecule has 0 fully saturated rings. The first kappa shape index (κ1) is 23.3. The quantitative estimate of drug-likeness (QED) is 0.326. The normalized spacial score (nSPS) is 16.0. The number of pyridine rings is 1. The minimum Gasteiger partial charge on any atom is -0.481 e. The van der Waals surface area contributed by atoms with Crippen LogP contribution in [-0.4, -0.2) is 45.6 Å². The van der Waals surface area contributed by atoms with Gasteiger partial charge in [0.25, 0.3) is 11.5 Å². The number of thiophene rings is 1. The third-order valence-electron chi connectivity index (χ3n) is 5.51. The van der Waals surface area contributed by atoms with E-state index in [-0.39, 0.29) is 24.3 Å². The first-order chi connectivity index (χ1) is 15.1. The highest BCUT2D eigenvalue weighted by atomic mass is 32.1. The van der Waals surface area contributed by atoms with E-state index < -0.39 is 23.9 Å². The molecule has 1 amide bonds. The Morgan fingerprint density at radius 2 is 2.06 bits per heavy atom. The number of aliphatic carboxylic acids is 2. The third kappa shape index (κ3) is 5.67. The lowest BCUT2D eigenvalue weighted by Gasteiger charge is -2.25. The predicted molar refractivity (Wildman–Crippen MR) is 120 cm³/mol. The molecule has 2 aromatic heterocycles. The van der Waals surface area contributed by atoms with Gasteiger partial charge in [-0.25, -0.2) is 4.79 Å². The van der Waals surface area contributed by atoms with Crippen LogP contribution in [0.4, 0.5) is 11.5 Å². The number of hydrogen-bond donors (Lipinski definition) is 6. The highest BCUT2D eigenvalue weighted by Crippen LogP contribution is 2.28. The molecule has 10 nitrogen and oxygen atoms in total. The Morgan fingerprint density at radius 3 is 2.75 bits per heavy atom. The van der Waals surface area contributed by atoms with Gasteiger partial charge in [-0.05, 0) is 50.2 Å². The largest absolute Gasteiger partial charge is 0.481 e. The van der Waals surface area contributed by atoms with Gasteiger partial charge in [-0.15, -0.1) is 11.3 Å². The molecule has 3 heterocycles. The number of fused-ring (bicyclic) bond motifs is 1. The van der Waals surface area contributed by atoms with E-state index in [1.165, 1.54) is 11.3 Å². The average Bonchev–Trinajstić information content (AvgIpc) is 3.10. The molecule has 11 heteroatoms. The smallest absolute Gasteiger partial charge is 0.326 e. The van der Waals surface area contributed by atoms with Gasteiger partial charge < -0.3 is 31.6 Å². The average molecular weight is 463 g/mol. The van der Waals surface area contributed by atoms with Crippen LogP contribution >= 0.6 is 11.3 Å². The van der Waals surface area contributed by atoms with Crippen molar-refractivity contribution in [3.63, 3.8) is 0 Å². The first-order valence-electron chi connectivity index (χ1n) is 10.2. The number of carbonyl (C=O) groups excluding carboxylic acids is 1. The molecule has 1 aliphatic rings. The summed E-state index contributed by atoms with van der Waals surface area (Å²) in [6.07, 6.45) is 1.64. The molecule has 0 spiro atoms. The molecular weight excluding hydrogens is 436 g/mol. The Kier molecular flexibility index (Phi) is 7.18. The van der Waals surface area contributed by atoms with Crippen LogP contribution in [0.1, 0.15) is 44.9 Å². The van der Waals surface area contributed by atoms with Crippen molar-refractivity contribution in [2.75, 3.05) is 17.6 Å². The summed E-state index contributed by atoms with van der Waals surface area (Å²) in [5.74, 6) is -2.34. The van der Waals surface area contributed by atoms with Gasteiger partial charge in [0.1, 0.15) is 11.9 Å². The molecular formula is C21H26N4O6S. The molecule has 1 aliphatic heterocycles. The minimum atomic E-state index is -1.27. The number of H-pyrrole nitrogens is 1. The van der Waals surface area contributed by atoms with Gasteiger partial charge >= 0.3 is 11.9 Å². The standard InChI is InChI=1S/C21H26N4O6S/c1-10-6-16(20(29)24-13(21(30)31)3-5-18(26)27)32-15(10)4-2-11-7-12-14(23-9-11)8-17(22)25-19(12)28/h6,8,11,13,23H,2-5,7,9H2,1H3,(H,24,29)(H,26,27)(H,30,31)(H3,22,25,28)/t11?,13-/m0/s1. The second-order valence-electron chi connectivity index (χ2n) is 7.95. The Morgan fingerprint density at radius 1 is 1.31 bits per heavy atom. The van der Waals surface area contributed by atoms with Crippen molar-refractivity contribution in [3.8, 4) is 0 Å². The molecule has 0 radical (unpaired) electrons. The van der Waals surface area contributed by atoms with E-state index in [0.717, 1.165) is 35.5 Å². The van der Waals surface area contributed by atoms with Crippen LogP contribution in [0.3, 0.4) is 0 Å². The number of aromatic amines is 1. The van der Waals surface area contributed by atoms with Gasteiger partial charge in [-0.1, -0.05) is 0 Å². The van der Waals surface area contributed by atoms with Gasteiger partial charge in [0.15, 0.2) is 0 Å². The number of rotatable bonds is 9. The van der Waals surface area contributed by atoms with E-state index in [1.54, 1.807) is 12.1 Å². The monoisotopic (exact) mass is 462 g/mol. The molecule has 7 N–H and O–H groups in total. The number of aromatic nitrogens is 1. The summed E-state index contributed by atoms with van der Waals surface area (Å²) in [6.45, 7) is 2.61. The van der Waals surface area contributed by atoms with Crippen molar-refractivity contribution in [2.45, 2.75) is 45.1 Å². The van der Waals surface area contributed by atoms with Gasteiger partial charge in [-0.3, -0.25) is 14.4 Å². The second kappa shape index (κ2) is 9.86. The first-order valence-corrected chi connectivity index (χ1v) is 11.1. The fourth-order valence-electron chi connectivity index (χ4n) is 3.76. The van der Waals surface area contributed by atoms with Crippen LogP contribution in [-0.2, 0) is 22.4 Å². The van der Waals surface area contributed by atoms with Crippen molar-refractivity contribution in [1.29, 1.82) is 0 Å². The molecule has 1 unspecified atom stereocenters. The number of carboxylic acid groups (broad SMARTS) is 2. The number of anilines is 2. The van der Waals surface area contributed by atoms with Gasteiger partial charge in [0.2, 0.25) is 0 Å². The summed E-state index contributed by atoms with van der Waals surface area (Å²) in [7, 11) is 0. The van der Waals surface area contributed by atoms with Crippen LogP contribution in [0.15, 0.2) is 16.9 Å². The number of nitrogens with one attached hydrogen (secondary N) is 3. The summed E-state index contributed by atoms with van der Waals surface area (Å²) in [5, 5.41) is 23.7. The predicted octanol–water partition coefficient (Wildman–Crippen LogP) is 1.59. The zero-order chi connectivity index (χ0) is 23.4. The topological polar surface area (TPSA) is 175 Å². The van der Waals surface area contributed by atoms with Crippen LogP contribution < -0.4 is 21.9 Å². The molecule has 2 aromatic rings. The maximum absolute atomic E-state index is 12.5. The molecule has 2 atom stereocenters. The molecule has 0 aromatic carbocycles. The Labute approximate surface area is 187 Å². The van der Waals surface area contributed by atoms with Crippen LogP contribution in [0.5, 0.6) is 0 Å². The maximum atomic E-state index is 12.5. The number of nitrogens with two attached hydrogens (primary N) is 1. The molecule has 3 rings (SSSR count). The number of carboxylic acids is 2. The van der Waals surface area contributed by atoms with Crippen molar-refractivity contribution < 1.29 is 24.6 Å². The van der Waals surface area contributed by atoms with Crippen molar-refractivity contribution in [2.24, 2.45) is 5.92 Å². The van der Waals surface area contributed by atoms with Crippen molar-refractivity contribution in [3.05, 3.63) is 43.4 Å². The van der Waals surface area contributed by atoms with Crippen molar-refractivity contribution in [1.82, 2.24) is 10.3 Å². The van der Waals surface area contributed by atoms with Gasteiger partial charge in [-0.2, -0.15) is 0 Å². The molecule has 172 valence electrons. The maximum Gasteiger partial charge on any atom is 0.326 e. The van der Waals surface area contributed by atoms with E-state index in [2.05, 4.69) is 15.6 Å². The molecule has 0 aliphatic carbocycles. The third-order valence-corrected chi connectivity index (χ3v) is 6.80. The Hall–Kier alpha value is -3.34. The summed E-state index contributed by atoms with van der Waals surface area (Å²) in [4.78, 5) is 50.7. The van der Waals surface area contributed by atoms with E-state index in [4.69, 9.17) is 10.8 Å². The van der Waals surface area contributed by atoms with E-state index in [1.807, 2.05) is 6.92 Å². The lowest BCUT2D eigenvalue weighted by Crippen LogP contribution is -2.40. The summed E-state index contributed by atoms with van der Waals surface area (Å²) in [5.41, 5.74) is 7.90. The van der Waals surface area contributed by atoms with Gasteiger partial charge in [0.05, 0.1) is 4.88 Å². The zero-order valence-electron chi connectivity index (χ0n) is 17.6. The van der Waals surface area contributed by atoms with Gasteiger partial charge in [0, 0.05) is 35.2 Å². The second-order valence-corrected chi connectivity index (χ2v) is 9.09. The molecule has 32 heavy (non-hydrogen) atoms. The van der Waals surface area contributed by atoms with Crippen LogP contribution in [0, 0.1) is 12.8 Å². The SMILES string of the molecule is Cc1cc(C(=O)N[C@@H](CCC(=O)O)C(=O)O)sc1CCC1CNc2cc(N)[nH]c(=O)c2C1. The molecule has 0 bridgehead atoms. The highest BCUT2D eigenvalue weighted by Gasteiger charge is 2.24.